The lowest BCUT2D eigenvalue weighted by atomic mass is 10.2. The van der Waals surface area contributed by atoms with Gasteiger partial charge in [0.2, 0.25) is 0 Å². The normalized spacial score (nSPS) is 10.6. The fraction of sp³-hybridized carbons (Fsp3) is 0. The second kappa shape index (κ2) is 3.65. The molecule has 0 amide bonds. The summed E-state index contributed by atoms with van der Waals surface area (Å²) in [6.45, 7) is 0. The number of hydrogen-bond acceptors (Lipinski definition) is 5. The molecule has 0 saturated carbocycles. The van der Waals surface area contributed by atoms with E-state index in [2.05, 4.69) is 19.8 Å². The molecule has 0 aliphatic carbocycles. The molecular formula is C7H4Cl2N4O2. The van der Waals surface area contributed by atoms with E-state index in [0.717, 1.165) is 0 Å². The highest BCUT2D eigenvalue weighted by atomic mass is 35.5. The highest BCUT2D eigenvalue weighted by Crippen LogP contribution is 2.27. The van der Waals surface area contributed by atoms with E-state index in [1.165, 1.54) is 6.33 Å². The van der Waals surface area contributed by atoms with Gasteiger partial charge in [0.15, 0.2) is 5.15 Å². The van der Waals surface area contributed by atoms with Crippen molar-refractivity contribution < 1.29 is 9.63 Å². The fourth-order valence-corrected chi connectivity index (χ4v) is 1.70. The van der Waals surface area contributed by atoms with Gasteiger partial charge in [-0.05, 0) is 0 Å². The molecule has 0 radical (unpaired) electrons. The predicted molar refractivity (Wildman–Crippen MR) is 53.5 cm³/mol. The summed E-state index contributed by atoms with van der Waals surface area (Å²) in [6.07, 6.45) is 1.36. The Balaban J connectivity index is 2.82. The molecule has 0 aliphatic rings. The van der Waals surface area contributed by atoms with Crippen molar-refractivity contribution in [1.29, 1.82) is 0 Å². The second-order valence-electron chi connectivity index (χ2n) is 2.60. The lowest BCUT2D eigenvalue weighted by molar-refractivity contribution is 0.0505. The van der Waals surface area contributed by atoms with E-state index in [0.29, 0.717) is 5.52 Å². The van der Waals surface area contributed by atoms with Crippen molar-refractivity contribution in [2.24, 2.45) is 5.90 Å². The van der Waals surface area contributed by atoms with Gasteiger partial charge in [0.25, 0.3) is 0 Å². The van der Waals surface area contributed by atoms with Crippen LogP contribution in [-0.2, 0) is 4.84 Å². The Morgan fingerprint density at radius 1 is 1.47 bits per heavy atom. The average Bonchev–Trinajstić information content (AvgIpc) is 2.66. The monoisotopic (exact) mass is 246 g/mol. The lowest BCUT2D eigenvalue weighted by Crippen LogP contribution is -2.12. The lowest BCUT2D eigenvalue weighted by Gasteiger charge is -2.02. The number of hydrogen-bond donors (Lipinski definition) is 2. The third-order valence-electron chi connectivity index (χ3n) is 1.80. The zero-order valence-electron chi connectivity index (χ0n) is 7.12. The van der Waals surface area contributed by atoms with Crippen molar-refractivity contribution in [3.8, 4) is 0 Å². The second-order valence-corrected chi connectivity index (χ2v) is 3.32. The molecule has 3 N–H and O–H groups in total. The van der Waals surface area contributed by atoms with Gasteiger partial charge in [0, 0.05) is 0 Å². The van der Waals surface area contributed by atoms with E-state index >= 15 is 0 Å². The standard InChI is InChI=1S/C7H4Cl2N4O2/c8-5-2(7(14)15-10)3-4(6(9)13-5)12-1-11-3/h1H,10H2,(H,11,12). The van der Waals surface area contributed by atoms with E-state index in [1.807, 2.05) is 0 Å². The fourth-order valence-electron chi connectivity index (χ4n) is 1.18. The van der Waals surface area contributed by atoms with Crippen molar-refractivity contribution >= 4 is 40.2 Å². The summed E-state index contributed by atoms with van der Waals surface area (Å²) < 4.78 is 0. The largest absolute Gasteiger partial charge is 0.369 e. The van der Waals surface area contributed by atoms with Crippen LogP contribution in [0.1, 0.15) is 10.4 Å². The van der Waals surface area contributed by atoms with E-state index in [4.69, 9.17) is 29.1 Å². The number of aromatic nitrogens is 3. The number of H-pyrrole nitrogens is 1. The molecule has 0 aliphatic heterocycles. The maximum absolute atomic E-state index is 11.3. The number of nitrogens with zero attached hydrogens (tertiary/aromatic N) is 2. The summed E-state index contributed by atoms with van der Waals surface area (Å²) in [6, 6.07) is 0. The van der Waals surface area contributed by atoms with Gasteiger partial charge in [-0.3, -0.25) is 0 Å². The molecule has 15 heavy (non-hydrogen) atoms. The van der Waals surface area contributed by atoms with Crippen LogP contribution in [0.25, 0.3) is 11.0 Å². The van der Waals surface area contributed by atoms with E-state index in [9.17, 15) is 4.79 Å². The third kappa shape index (κ3) is 1.52. The number of carbonyl (C=O) groups excluding carboxylic acids is 1. The molecule has 0 atom stereocenters. The van der Waals surface area contributed by atoms with Gasteiger partial charge < -0.3 is 9.82 Å². The maximum Gasteiger partial charge on any atom is 0.362 e. The molecule has 2 aromatic heterocycles. The third-order valence-corrected chi connectivity index (χ3v) is 2.34. The number of fused-ring (bicyclic) bond motifs is 1. The Kier molecular flexibility index (Phi) is 2.47. The summed E-state index contributed by atoms with van der Waals surface area (Å²) in [5.74, 6) is 3.95. The highest BCUT2D eigenvalue weighted by Gasteiger charge is 2.20. The summed E-state index contributed by atoms with van der Waals surface area (Å²) in [4.78, 5) is 25.7. The number of imidazole rings is 1. The molecule has 8 heteroatoms. The smallest absolute Gasteiger partial charge is 0.362 e. The van der Waals surface area contributed by atoms with Gasteiger partial charge in [0.05, 0.1) is 6.33 Å². The van der Waals surface area contributed by atoms with Crippen LogP contribution < -0.4 is 5.90 Å². The Morgan fingerprint density at radius 3 is 2.87 bits per heavy atom. The molecule has 0 aromatic carbocycles. The number of aromatic amines is 1. The van der Waals surface area contributed by atoms with Gasteiger partial charge in [-0.25, -0.2) is 14.8 Å². The average molecular weight is 247 g/mol. The Bertz CT molecular complexity index is 539. The quantitative estimate of drug-likeness (QED) is 0.585. The van der Waals surface area contributed by atoms with Crippen molar-refractivity contribution in [3.63, 3.8) is 0 Å². The van der Waals surface area contributed by atoms with Gasteiger partial charge in [-0.2, -0.15) is 5.90 Å². The number of nitrogens with one attached hydrogen (secondary N) is 1. The van der Waals surface area contributed by atoms with Gasteiger partial charge >= 0.3 is 5.97 Å². The molecule has 2 rings (SSSR count). The number of nitrogens with two attached hydrogens (primary N) is 1. The van der Waals surface area contributed by atoms with Crippen LogP contribution in [-0.4, -0.2) is 20.9 Å². The van der Waals surface area contributed by atoms with Gasteiger partial charge in [0.1, 0.15) is 21.7 Å². The highest BCUT2D eigenvalue weighted by molar-refractivity contribution is 6.38. The summed E-state index contributed by atoms with van der Waals surface area (Å²) in [7, 11) is 0. The molecule has 0 bridgehead atoms. The van der Waals surface area contributed by atoms with Crippen LogP contribution in [0, 0.1) is 0 Å². The Hall–Kier alpha value is -1.37. The van der Waals surface area contributed by atoms with Crippen molar-refractivity contribution in [2.75, 3.05) is 0 Å². The van der Waals surface area contributed by atoms with Gasteiger partial charge in [-0.1, -0.05) is 23.2 Å². The molecule has 6 nitrogen and oxygen atoms in total. The van der Waals surface area contributed by atoms with Crippen LogP contribution in [0.2, 0.25) is 10.3 Å². The van der Waals surface area contributed by atoms with Crippen LogP contribution in [0.5, 0.6) is 0 Å². The first-order chi connectivity index (χ1) is 7.15. The SMILES string of the molecule is NOC(=O)c1c(Cl)nc(Cl)c2[nH]cnc12. The number of pyridine rings is 1. The van der Waals surface area contributed by atoms with Crippen molar-refractivity contribution in [3.05, 3.63) is 22.2 Å². The Morgan fingerprint density at radius 2 is 2.20 bits per heavy atom. The van der Waals surface area contributed by atoms with E-state index < -0.39 is 5.97 Å². The van der Waals surface area contributed by atoms with Gasteiger partial charge in [-0.15, -0.1) is 0 Å². The summed E-state index contributed by atoms with van der Waals surface area (Å²) in [5, 5.41) is 0.0242. The van der Waals surface area contributed by atoms with Crippen LogP contribution >= 0.6 is 23.2 Å². The zero-order chi connectivity index (χ0) is 11.0. The molecule has 0 unspecified atom stereocenters. The first kappa shape index (κ1) is 10.2. The van der Waals surface area contributed by atoms with Crippen LogP contribution in [0.3, 0.4) is 0 Å². The van der Waals surface area contributed by atoms with Crippen molar-refractivity contribution in [1.82, 2.24) is 15.0 Å². The zero-order valence-corrected chi connectivity index (χ0v) is 8.63. The Labute approximate surface area is 93.3 Å². The van der Waals surface area contributed by atoms with E-state index in [1.54, 1.807) is 0 Å². The molecule has 2 heterocycles. The topological polar surface area (TPSA) is 93.9 Å². The summed E-state index contributed by atoms with van der Waals surface area (Å²) in [5.41, 5.74) is 0.664. The minimum atomic E-state index is -0.818. The minimum Gasteiger partial charge on any atom is -0.369 e. The summed E-state index contributed by atoms with van der Waals surface area (Å²) >= 11 is 11.5. The first-order valence-corrected chi connectivity index (χ1v) is 4.50. The molecule has 78 valence electrons. The molecule has 0 saturated heterocycles. The van der Waals surface area contributed by atoms with Crippen LogP contribution in [0.4, 0.5) is 0 Å². The predicted octanol–water partition coefficient (Wildman–Crippen LogP) is 1.30. The van der Waals surface area contributed by atoms with E-state index in [-0.39, 0.29) is 21.4 Å². The molecule has 2 aromatic rings. The first-order valence-electron chi connectivity index (χ1n) is 3.74. The van der Waals surface area contributed by atoms with Crippen LogP contribution in [0.15, 0.2) is 6.33 Å². The number of halogens is 2. The minimum absolute atomic E-state index is 0.0141. The number of rotatable bonds is 1. The maximum atomic E-state index is 11.3. The molecular weight excluding hydrogens is 243 g/mol. The molecule has 0 fully saturated rings. The number of carbonyl (C=O) groups is 1. The molecule has 0 spiro atoms. The van der Waals surface area contributed by atoms with Crippen molar-refractivity contribution in [2.45, 2.75) is 0 Å².